The summed E-state index contributed by atoms with van der Waals surface area (Å²) in [5.74, 6) is 0.552. The molecule has 6 rings (SSSR count). The number of hydrogen-bond acceptors (Lipinski definition) is 8. The van der Waals surface area contributed by atoms with Crippen LogP contribution < -0.4 is 18.7 Å². The van der Waals surface area contributed by atoms with Crippen molar-refractivity contribution in [2.24, 2.45) is 0 Å². The van der Waals surface area contributed by atoms with Crippen molar-refractivity contribution in [3.63, 3.8) is 0 Å². The van der Waals surface area contributed by atoms with Crippen molar-refractivity contribution in [1.29, 1.82) is 0 Å². The molecular formula is C36H40F5N5O2S. The molecule has 0 spiro atoms. The van der Waals surface area contributed by atoms with E-state index < -0.39 is 23.4 Å². The number of aromatic nitrogens is 2. The molecule has 49 heavy (non-hydrogen) atoms. The van der Waals surface area contributed by atoms with Crippen LogP contribution in [0.15, 0.2) is 72.0 Å². The zero-order valence-corrected chi connectivity index (χ0v) is 28.8. The Morgan fingerprint density at radius 3 is 2.33 bits per heavy atom. The first-order valence-electron chi connectivity index (χ1n) is 16.0. The number of likely N-dealkylation sites (N-methyl/N-ethyl adjacent to an activating group) is 1. The largest absolute Gasteiger partial charge is 0.497 e. The molecule has 0 amide bonds. The Morgan fingerprint density at radius 2 is 1.67 bits per heavy atom. The number of ether oxygens (including phenoxy) is 2. The van der Waals surface area contributed by atoms with Gasteiger partial charge in [-0.2, -0.15) is 13.2 Å². The number of piperidine rings is 1. The van der Waals surface area contributed by atoms with Crippen molar-refractivity contribution >= 4 is 23.5 Å². The second-order valence-corrected chi connectivity index (χ2v) is 13.2. The molecule has 1 aliphatic carbocycles. The average Bonchev–Trinajstić information content (AvgIpc) is 3.58. The number of fused-ring (bicyclic) bond motifs is 1. The minimum Gasteiger partial charge on any atom is -0.497 e. The van der Waals surface area contributed by atoms with Gasteiger partial charge in [-0.1, -0.05) is 6.07 Å². The molecule has 4 aromatic rings. The molecular weight excluding hydrogens is 661 g/mol. The number of halogens is 5. The first-order valence-corrected chi connectivity index (χ1v) is 16.8. The number of alkyl halides is 3. The summed E-state index contributed by atoms with van der Waals surface area (Å²) in [6.07, 6.45) is 3.55. The Bertz CT molecular complexity index is 1690. The lowest BCUT2D eigenvalue weighted by atomic mass is 10.0. The highest BCUT2D eigenvalue weighted by molar-refractivity contribution is 8.00. The van der Waals surface area contributed by atoms with Crippen LogP contribution in [0.2, 0.25) is 0 Å². The summed E-state index contributed by atoms with van der Waals surface area (Å²) in [5.41, 5.74) is 2.80. The highest BCUT2D eigenvalue weighted by atomic mass is 32.2. The summed E-state index contributed by atoms with van der Waals surface area (Å²) in [5, 5.41) is 0. The predicted molar refractivity (Wildman–Crippen MR) is 182 cm³/mol. The Morgan fingerprint density at radius 1 is 0.918 bits per heavy atom. The summed E-state index contributed by atoms with van der Waals surface area (Å²) >= 11 is 0.959. The van der Waals surface area contributed by atoms with Crippen molar-refractivity contribution < 1.29 is 31.4 Å². The van der Waals surface area contributed by atoms with E-state index in [1.165, 1.54) is 30.6 Å². The van der Waals surface area contributed by atoms with Gasteiger partial charge in [0.2, 0.25) is 0 Å². The Hall–Kier alpha value is -4.10. The lowest BCUT2D eigenvalue weighted by Gasteiger charge is -2.37. The van der Waals surface area contributed by atoms with Crippen LogP contribution in [0.3, 0.4) is 0 Å². The smallest absolute Gasteiger partial charge is 0.416 e. The van der Waals surface area contributed by atoms with Crippen molar-refractivity contribution in [2.45, 2.75) is 55.8 Å². The zero-order chi connectivity index (χ0) is 35.1. The maximum absolute atomic E-state index is 15.4. The molecule has 0 bridgehead atoms. The Labute approximate surface area is 288 Å². The highest BCUT2D eigenvalue weighted by Crippen LogP contribution is 2.37. The molecule has 1 fully saturated rings. The number of rotatable bonds is 9. The fourth-order valence-electron chi connectivity index (χ4n) is 6.01. The Balaban J connectivity index is 0.000000299. The molecule has 0 saturated carbocycles. The molecule has 3 aromatic carbocycles. The van der Waals surface area contributed by atoms with Gasteiger partial charge in [-0.25, -0.2) is 18.7 Å². The molecule has 13 heteroatoms. The van der Waals surface area contributed by atoms with Crippen LogP contribution in [-0.2, 0) is 25.6 Å². The van der Waals surface area contributed by atoms with Gasteiger partial charge >= 0.3 is 6.18 Å². The molecule has 2 aliphatic rings. The number of aryl methyl sites for hydroxylation is 2. The fourth-order valence-corrected chi connectivity index (χ4v) is 6.93. The van der Waals surface area contributed by atoms with E-state index in [0.29, 0.717) is 29.0 Å². The second kappa shape index (κ2) is 16.1. The van der Waals surface area contributed by atoms with Gasteiger partial charge in [0.25, 0.3) is 0 Å². The van der Waals surface area contributed by atoms with Gasteiger partial charge in [0.1, 0.15) is 40.2 Å². The van der Waals surface area contributed by atoms with E-state index in [1.807, 2.05) is 26.2 Å². The number of anilines is 2. The molecule has 0 radical (unpaired) electrons. The predicted octanol–water partition coefficient (Wildman–Crippen LogP) is 8.21. The van der Waals surface area contributed by atoms with Crippen molar-refractivity contribution in [3.05, 3.63) is 101 Å². The molecule has 262 valence electrons. The van der Waals surface area contributed by atoms with Crippen molar-refractivity contribution in [1.82, 2.24) is 14.9 Å². The lowest BCUT2D eigenvalue weighted by Crippen LogP contribution is -2.45. The van der Waals surface area contributed by atoms with Crippen LogP contribution >= 0.6 is 11.9 Å². The molecule has 1 unspecified atom stereocenters. The normalized spacial score (nSPS) is 15.8. The lowest BCUT2D eigenvalue weighted by molar-refractivity contribution is -0.137. The molecule has 2 heterocycles. The van der Waals surface area contributed by atoms with Crippen LogP contribution in [0.5, 0.6) is 11.5 Å². The van der Waals surface area contributed by atoms with E-state index in [0.717, 1.165) is 73.8 Å². The van der Waals surface area contributed by atoms with E-state index in [1.54, 1.807) is 42.9 Å². The van der Waals surface area contributed by atoms with Crippen LogP contribution in [0, 0.1) is 11.6 Å². The fraction of sp³-hybridized carbons (Fsp3) is 0.389. The maximum atomic E-state index is 15.4. The third-order valence-corrected chi connectivity index (χ3v) is 9.84. The number of benzene rings is 3. The van der Waals surface area contributed by atoms with Gasteiger partial charge in [-0.05, 0) is 112 Å². The maximum Gasteiger partial charge on any atom is 0.416 e. The van der Waals surface area contributed by atoms with Gasteiger partial charge < -0.3 is 19.3 Å². The van der Waals surface area contributed by atoms with Crippen molar-refractivity contribution in [3.8, 4) is 11.5 Å². The number of nitrogens with zero attached hydrogens (tertiary/aromatic N) is 5. The second-order valence-electron chi connectivity index (χ2n) is 12.2. The van der Waals surface area contributed by atoms with E-state index >= 15 is 8.78 Å². The van der Waals surface area contributed by atoms with Crippen LogP contribution in [0.1, 0.15) is 41.5 Å². The minimum absolute atomic E-state index is 0.0917. The summed E-state index contributed by atoms with van der Waals surface area (Å²) in [6, 6.07) is 14.4. The van der Waals surface area contributed by atoms with Gasteiger partial charge in [-0.3, -0.25) is 4.31 Å². The summed E-state index contributed by atoms with van der Waals surface area (Å²) in [4.78, 5) is 12.4. The summed E-state index contributed by atoms with van der Waals surface area (Å²) < 4.78 is 80.1. The topological polar surface area (TPSA) is 54.0 Å². The van der Waals surface area contributed by atoms with Gasteiger partial charge in [0.15, 0.2) is 0 Å². The highest BCUT2D eigenvalue weighted by Gasteiger charge is 2.31. The molecule has 1 saturated heterocycles. The van der Waals surface area contributed by atoms with Gasteiger partial charge in [0.05, 0.1) is 26.3 Å². The third kappa shape index (κ3) is 9.13. The Kier molecular flexibility index (Phi) is 11.9. The monoisotopic (exact) mass is 701 g/mol. The van der Waals surface area contributed by atoms with E-state index in [9.17, 15) is 13.2 Å². The molecule has 1 aliphatic heterocycles. The van der Waals surface area contributed by atoms with Gasteiger partial charge in [-0.15, -0.1) is 0 Å². The number of hydrogen-bond donors (Lipinski definition) is 0. The quantitative estimate of drug-likeness (QED) is 0.128. The standard InChI is InChI=1S/C26H31F2N5O2S.C10H9F3/c1-31(2)19-6-5-11-32(16-19)20-12-22(27)26(23(28)13-20)36-33(25-9-10-29-17-30-25)15-18-7-8-21(34-3)14-24(18)35-4;11-10(12,13)9-5-4-7-2-1-3-8(7)6-9/h7-10,12-14,17,19H,5-6,11,15-16H2,1-4H3;4-6H,1-3H2. The first-order chi connectivity index (χ1) is 23.5. The van der Waals surface area contributed by atoms with E-state index in [-0.39, 0.29) is 11.4 Å². The number of methoxy groups -OCH3 is 2. The molecule has 1 aromatic heterocycles. The molecule has 7 nitrogen and oxygen atoms in total. The third-order valence-electron chi connectivity index (χ3n) is 8.73. The van der Waals surface area contributed by atoms with E-state index in [2.05, 4.69) is 19.8 Å². The first kappa shape index (κ1) is 36.2. The van der Waals surface area contributed by atoms with Crippen molar-refractivity contribution in [2.75, 3.05) is 50.6 Å². The molecule has 1 atom stereocenters. The molecule has 0 N–H and O–H groups in total. The SMILES string of the molecule is COc1ccc(CN(Sc2c(F)cc(N3CCCC(N(C)C)C3)cc2F)c2ccncn2)c(OC)c1.FC(F)(F)c1ccc2c(c1)CCC2. The van der Waals surface area contributed by atoms with Crippen LogP contribution in [-0.4, -0.2) is 62.3 Å². The zero-order valence-electron chi connectivity index (χ0n) is 27.9. The minimum atomic E-state index is -4.20. The van der Waals surface area contributed by atoms with Crippen LogP contribution in [0.4, 0.5) is 33.5 Å². The van der Waals surface area contributed by atoms with Gasteiger partial charge in [0, 0.05) is 42.6 Å². The summed E-state index contributed by atoms with van der Waals surface area (Å²) in [6.45, 7) is 1.80. The van der Waals surface area contributed by atoms with Crippen LogP contribution in [0.25, 0.3) is 0 Å². The average molecular weight is 702 g/mol. The summed E-state index contributed by atoms with van der Waals surface area (Å²) in [7, 11) is 7.22. The van der Waals surface area contributed by atoms with E-state index in [4.69, 9.17) is 9.47 Å².